The molecule has 0 atom stereocenters. The van der Waals surface area contributed by atoms with Gasteiger partial charge in [0.15, 0.2) is 5.76 Å². The average Bonchev–Trinajstić information content (AvgIpc) is 3.07. The number of amides is 1. The summed E-state index contributed by atoms with van der Waals surface area (Å²) in [6.07, 6.45) is 0.670. The quantitative estimate of drug-likeness (QED) is 0.563. The number of hydrogen-bond acceptors (Lipinski definition) is 3. The van der Waals surface area contributed by atoms with Crippen molar-refractivity contribution in [3.8, 4) is 11.3 Å². The molecule has 0 unspecified atom stereocenters. The van der Waals surface area contributed by atoms with E-state index in [1.807, 2.05) is 24.3 Å². The molecule has 0 radical (unpaired) electrons. The fourth-order valence-electron chi connectivity index (χ4n) is 3.04. The minimum absolute atomic E-state index is 0.106. The molecular weight excluding hydrogens is 395 g/mol. The summed E-state index contributed by atoms with van der Waals surface area (Å²) in [4.78, 5) is 14.5. The maximum atomic E-state index is 12.7. The number of fused-ring (bicyclic) bond motifs is 1. The Kier molecular flexibility index (Phi) is 4.65. The largest absolute Gasteiger partial charge is 0.356 e. The zero-order valence-corrected chi connectivity index (χ0v) is 15.8. The lowest BCUT2D eigenvalue weighted by molar-refractivity contribution is 0.0731. The molecule has 0 aliphatic carbocycles. The Balaban J connectivity index is 1.58. The Bertz CT molecular complexity index is 983. The van der Waals surface area contributed by atoms with Crippen molar-refractivity contribution in [2.45, 2.75) is 13.0 Å². The highest BCUT2D eigenvalue weighted by atomic mass is 35.5. The Morgan fingerprint density at radius 1 is 1.04 bits per heavy atom. The van der Waals surface area contributed by atoms with E-state index in [9.17, 15) is 4.79 Å². The predicted octanol–water partition coefficient (Wildman–Crippen LogP) is 5.50. The van der Waals surface area contributed by atoms with E-state index in [2.05, 4.69) is 5.16 Å². The van der Waals surface area contributed by atoms with Crippen LogP contribution in [0.5, 0.6) is 0 Å². The van der Waals surface area contributed by atoms with Crippen LogP contribution in [0.4, 0.5) is 0 Å². The van der Waals surface area contributed by atoms with E-state index in [4.69, 9.17) is 39.3 Å². The topological polar surface area (TPSA) is 46.3 Å². The molecule has 4 nitrogen and oxygen atoms in total. The Labute approximate surface area is 165 Å². The van der Waals surface area contributed by atoms with Crippen molar-refractivity contribution in [1.82, 2.24) is 10.1 Å². The normalized spacial score (nSPS) is 13.6. The summed E-state index contributed by atoms with van der Waals surface area (Å²) in [5, 5.41) is 5.62. The third-order valence-electron chi connectivity index (χ3n) is 4.40. The van der Waals surface area contributed by atoms with Crippen LogP contribution in [-0.2, 0) is 13.0 Å². The molecule has 2 aromatic carbocycles. The minimum atomic E-state index is -0.106. The molecule has 0 N–H and O–H groups in total. The summed E-state index contributed by atoms with van der Waals surface area (Å²) in [7, 11) is 0. The maximum absolute atomic E-state index is 12.7. The molecule has 132 valence electrons. The highest BCUT2D eigenvalue weighted by Gasteiger charge is 2.28. The molecule has 1 aliphatic rings. The van der Waals surface area contributed by atoms with Crippen LogP contribution in [0.1, 0.15) is 21.6 Å². The molecular formula is C19H13Cl3N2O2. The van der Waals surface area contributed by atoms with Crippen LogP contribution in [0.15, 0.2) is 47.0 Å². The lowest BCUT2D eigenvalue weighted by Gasteiger charge is -2.26. The van der Waals surface area contributed by atoms with E-state index < -0.39 is 0 Å². The fraction of sp³-hybridized carbons (Fsp3) is 0.158. The second-order valence-electron chi connectivity index (χ2n) is 6.05. The molecule has 0 spiro atoms. The zero-order chi connectivity index (χ0) is 18.3. The molecule has 2 heterocycles. The van der Waals surface area contributed by atoms with Crippen LogP contribution in [-0.4, -0.2) is 22.5 Å². The van der Waals surface area contributed by atoms with E-state index in [0.717, 1.165) is 22.6 Å². The van der Waals surface area contributed by atoms with Crippen LogP contribution in [0.3, 0.4) is 0 Å². The van der Waals surface area contributed by atoms with Crippen molar-refractivity contribution >= 4 is 40.7 Å². The monoisotopic (exact) mass is 406 g/mol. The summed E-state index contributed by atoms with van der Waals surface area (Å²) in [6.45, 7) is 0.972. The predicted molar refractivity (Wildman–Crippen MR) is 102 cm³/mol. The first-order valence-corrected chi connectivity index (χ1v) is 9.14. The van der Waals surface area contributed by atoms with Gasteiger partial charge in [0.25, 0.3) is 5.91 Å². The standard InChI is InChI=1S/C19H13Cl3N2O2/c20-13-4-1-11(2-5-13)18-14-7-8-24(10-17(14)23-26-18)19(25)12-3-6-15(21)16(22)9-12/h1-6,9H,7-8,10H2. The Hall–Kier alpha value is -2.01. The van der Waals surface area contributed by atoms with E-state index in [0.29, 0.717) is 40.1 Å². The van der Waals surface area contributed by atoms with Gasteiger partial charge in [0.2, 0.25) is 0 Å². The van der Waals surface area contributed by atoms with Crippen molar-refractivity contribution < 1.29 is 9.32 Å². The summed E-state index contributed by atoms with van der Waals surface area (Å²) in [5.41, 5.74) is 3.23. The van der Waals surface area contributed by atoms with Gasteiger partial charge in [0.05, 0.1) is 16.6 Å². The van der Waals surface area contributed by atoms with E-state index in [1.165, 1.54) is 0 Å². The molecule has 3 aromatic rings. The van der Waals surface area contributed by atoms with E-state index in [-0.39, 0.29) is 5.91 Å². The van der Waals surface area contributed by atoms with Gasteiger partial charge in [-0.1, -0.05) is 40.0 Å². The molecule has 0 fully saturated rings. The molecule has 0 saturated heterocycles. The third kappa shape index (κ3) is 3.20. The van der Waals surface area contributed by atoms with Crippen molar-refractivity contribution in [1.29, 1.82) is 0 Å². The van der Waals surface area contributed by atoms with Crippen molar-refractivity contribution in [2.24, 2.45) is 0 Å². The molecule has 1 aromatic heterocycles. The lowest BCUT2D eigenvalue weighted by atomic mass is 10.00. The van der Waals surface area contributed by atoms with Crippen LogP contribution in [0.25, 0.3) is 11.3 Å². The number of rotatable bonds is 2. The zero-order valence-electron chi connectivity index (χ0n) is 13.5. The minimum Gasteiger partial charge on any atom is -0.356 e. The molecule has 1 amide bonds. The van der Waals surface area contributed by atoms with Crippen LogP contribution in [0, 0.1) is 0 Å². The molecule has 4 rings (SSSR count). The van der Waals surface area contributed by atoms with Crippen molar-refractivity contribution in [2.75, 3.05) is 6.54 Å². The third-order valence-corrected chi connectivity index (χ3v) is 5.39. The first kappa shape index (κ1) is 17.4. The van der Waals surface area contributed by atoms with E-state index in [1.54, 1.807) is 23.1 Å². The smallest absolute Gasteiger partial charge is 0.254 e. The lowest BCUT2D eigenvalue weighted by Crippen LogP contribution is -2.36. The summed E-state index contributed by atoms with van der Waals surface area (Å²) in [5.74, 6) is 0.628. The molecule has 0 saturated carbocycles. The molecule has 7 heteroatoms. The van der Waals surface area contributed by atoms with Crippen molar-refractivity contribution in [3.63, 3.8) is 0 Å². The first-order chi connectivity index (χ1) is 12.5. The van der Waals surface area contributed by atoms with Crippen molar-refractivity contribution in [3.05, 3.63) is 74.4 Å². The van der Waals surface area contributed by atoms with Gasteiger partial charge >= 0.3 is 0 Å². The van der Waals surface area contributed by atoms with Gasteiger partial charge in [-0.2, -0.15) is 0 Å². The first-order valence-electron chi connectivity index (χ1n) is 8.00. The number of hydrogen-bond donors (Lipinski definition) is 0. The molecule has 0 bridgehead atoms. The SMILES string of the molecule is O=C(c1ccc(Cl)c(Cl)c1)N1CCc2c(noc2-c2ccc(Cl)cc2)C1. The second-order valence-corrected chi connectivity index (χ2v) is 7.30. The number of halogens is 3. The maximum Gasteiger partial charge on any atom is 0.254 e. The number of aromatic nitrogens is 1. The highest BCUT2D eigenvalue weighted by Crippen LogP contribution is 2.32. The number of carbonyl (C=O) groups is 1. The molecule has 1 aliphatic heterocycles. The second kappa shape index (κ2) is 6.95. The summed E-state index contributed by atoms with van der Waals surface area (Å²) >= 11 is 17.9. The van der Waals surface area contributed by atoms with Gasteiger partial charge in [-0.25, -0.2) is 0 Å². The number of nitrogens with zero attached hydrogens (tertiary/aromatic N) is 2. The summed E-state index contributed by atoms with van der Waals surface area (Å²) < 4.78 is 5.54. The van der Waals surface area contributed by atoms with Crippen LogP contribution in [0.2, 0.25) is 15.1 Å². The number of benzene rings is 2. The van der Waals surface area contributed by atoms with Gasteiger partial charge < -0.3 is 9.42 Å². The fourth-order valence-corrected chi connectivity index (χ4v) is 3.47. The van der Waals surface area contributed by atoms with Gasteiger partial charge in [0, 0.05) is 28.3 Å². The van der Waals surface area contributed by atoms with Crippen LogP contribution < -0.4 is 0 Å². The highest BCUT2D eigenvalue weighted by molar-refractivity contribution is 6.42. The number of carbonyl (C=O) groups excluding carboxylic acids is 1. The van der Waals surface area contributed by atoms with E-state index >= 15 is 0 Å². The van der Waals surface area contributed by atoms with Crippen LogP contribution >= 0.6 is 34.8 Å². The van der Waals surface area contributed by atoms with Gasteiger partial charge in [-0.3, -0.25) is 4.79 Å². The van der Waals surface area contributed by atoms with Gasteiger partial charge in [0.1, 0.15) is 5.69 Å². The van der Waals surface area contributed by atoms with Gasteiger partial charge in [-0.05, 0) is 48.9 Å². The summed E-state index contributed by atoms with van der Waals surface area (Å²) in [6, 6.07) is 12.3. The molecule has 26 heavy (non-hydrogen) atoms. The average molecular weight is 408 g/mol. The Morgan fingerprint density at radius 3 is 2.54 bits per heavy atom. The Morgan fingerprint density at radius 2 is 1.81 bits per heavy atom. The van der Waals surface area contributed by atoms with Gasteiger partial charge in [-0.15, -0.1) is 0 Å².